The minimum atomic E-state index is -1.14. The van der Waals surface area contributed by atoms with Crippen LogP contribution in [0.2, 0.25) is 0 Å². The highest BCUT2D eigenvalue weighted by molar-refractivity contribution is 7.10. The maximum atomic E-state index is 12.9. The maximum absolute atomic E-state index is 12.9. The largest absolute Gasteiger partial charge is 0.476 e. The fourth-order valence-corrected chi connectivity index (χ4v) is 4.12. The van der Waals surface area contributed by atoms with Crippen molar-refractivity contribution in [1.82, 2.24) is 14.9 Å². The molecule has 8 heteroatoms. The molecule has 1 aliphatic carbocycles. The summed E-state index contributed by atoms with van der Waals surface area (Å²) in [5.41, 5.74) is 0.335. The Labute approximate surface area is 142 Å². The molecule has 1 atom stereocenters. The second-order valence-electron chi connectivity index (χ2n) is 6.23. The van der Waals surface area contributed by atoms with E-state index in [9.17, 15) is 14.7 Å². The van der Waals surface area contributed by atoms with E-state index in [0.717, 1.165) is 37.1 Å². The number of likely N-dealkylation sites (tertiary alicyclic amines) is 1. The summed E-state index contributed by atoms with van der Waals surface area (Å²) in [5.74, 6) is -0.522. The van der Waals surface area contributed by atoms with Crippen molar-refractivity contribution < 1.29 is 19.1 Å². The summed E-state index contributed by atoms with van der Waals surface area (Å²) in [4.78, 5) is 34.2. The van der Waals surface area contributed by atoms with Gasteiger partial charge < -0.3 is 14.4 Å². The Morgan fingerprint density at radius 2 is 2.12 bits per heavy atom. The molecule has 0 spiro atoms. The summed E-state index contributed by atoms with van der Waals surface area (Å²) in [7, 11) is 0. The summed E-state index contributed by atoms with van der Waals surface area (Å²) in [6.07, 6.45) is 5.89. The molecule has 0 bridgehead atoms. The molecule has 1 amide bonds. The lowest BCUT2D eigenvalue weighted by atomic mass is 9.98. The molecule has 126 valence electrons. The van der Waals surface area contributed by atoms with Crippen LogP contribution in [-0.4, -0.2) is 38.4 Å². The van der Waals surface area contributed by atoms with Crippen molar-refractivity contribution in [3.05, 3.63) is 33.9 Å². The smallest absolute Gasteiger partial charge is 0.358 e. The van der Waals surface area contributed by atoms with E-state index in [4.69, 9.17) is 4.42 Å². The zero-order chi connectivity index (χ0) is 16.7. The molecule has 2 aliphatic rings. The molecule has 1 saturated carbocycles. The fraction of sp³-hybridized carbons (Fsp3) is 0.500. The Balaban J connectivity index is 1.62. The van der Waals surface area contributed by atoms with Crippen molar-refractivity contribution >= 4 is 23.2 Å². The maximum Gasteiger partial charge on any atom is 0.358 e. The first-order chi connectivity index (χ1) is 11.6. The summed E-state index contributed by atoms with van der Waals surface area (Å²) in [6.45, 7) is 0.569. The molecule has 1 N–H and O–H groups in total. The Morgan fingerprint density at radius 1 is 1.29 bits per heavy atom. The number of hydrogen-bond donors (Lipinski definition) is 1. The number of hydrogen-bond acceptors (Lipinski definition) is 6. The minimum Gasteiger partial charge on any atom is -0.476 e. The van der Waals surface area contributed by atoms with Gasteiger partial charge in [0.15, 0.2) is 17.8 Å². The van der Waals surface area contributed by atoms with Gasteiger partial charge in [-0.2, -0.15) is 0 Å². The van der Waals surface area contributed by atoms with E-state index in [1.54, 1.807) is 10.3 Å². The monoisotopic (exact) mass is 347 g/mol. The normalized spacial score (nSPS) is 21.0. The van der Waals surface area contributed by atoms with Crippen molar-refractivity contribution in [2.75, 3.05) is 6.54 Å². The zero-order valence-electron chi connectivity index (χ0n) is 13.0. The molecule has 2 aromatic rings. The van der Waals surface area contributed by atoms with Crippen LogP contribution in [0.1, 0.15) is 75.8 Å². The summed E-state index contributed by atoms with van der Waals surface area (Å²) < 4.78 is 5.33. The number of carbonyl (C=O) groups is 2. The number of carbonyl (C=O) groups excluding carboxylic acids is 1. The number of carboxylic acids is 1. The van der Waals surface area contributed by atoms with Crippen molar-refractivity contribution in [3.8, 4) is 0 Å². The van der Waals surface area contributed by atoms with E-state index in [0.29, 0.717) is 24.6 Å². The standard InChI is InChI=1S/C16H17N3O4S/c20-15(10-7-24-14(18-10)9-4-5-9)19-6-2-1-3-11(19)13-12(16(21)22)17-8-23-13/h7-9,11H,1-6H2,(H,21,22). The third kappa shape index (κ3) is 2.71. The summed E-state index contributed by atoms with van der Waals surface area (Å²) >= 11 is 1.53. The number of thiazole rings is 1. The number of carboxylic acid groups (broad SMARTS) is 1. The van der Waals surface area contributed by atoms with Gasteiger partial charge in [0.25, 0.3) is 5.91 Å². The van der Waals surface area contributed by atoms with Gasteiger partial charge in [0.2, 0.25) is 0 Å². The molecule has 1 saturated heterocycles. The molecule has 2 aromatic heterocycles. The number of piperidine rings is 1. The van der Waals surface area contributed by atoms with E-state index in [2.05, 4.69) is 9.97 Å². The molecule has 0 aromatic carbocycles. The summed E-state index contributed by atoms with van der Waals surface area (Å²) in [6, 6.07) is -0.397. The molecule has 2 fully saturated rings. The Bertz CT molecular complexity index is 780. The number of rotatable bonds is 4. The molecule has 3 heterocycles. The number of nitrogens with zero attached hydrogens (tertiary/aromatic N) is 3. The van der Waals surface area contributed by atoms with Gasteiger partial charge in [-0.3, -0.25) is 4.79 Å². The first-order valence-corrected chi connectivity index (χ1v) is 8.96. The molecule has 1 unspecified atom stereocenters. The molecular weight excluding hydrogens is 330 g/mol. The average Bonchev–Trinajstić information content (AvgIpc) is 3.13. The quantitative estimate of drug-likeness (QED) is 0.913. The fourth-order valence-electron chi connectivity index (χ4n) is 3.15. The average molecular weight is 347 g/mol. The second kappa shape index (κ2) is 6.01. The third-order valence-electron chi connectivity index (χ3n) is 4.53. The van der Waals surface area contributed by atoms with Crippen LogP contribution in [0, 0.1) is 0 Å². The van der Waals surface area contributed by atoms with E-state index < -0.39 is 12.0 Å². The van der Waals surface area contributed by atoms with Crippen LogP contribution < -0.4 is 0 Å². The van der Waals surface area contributed by atoms with Gasteiger partial charge in [-0.25, -0.2) is 14.8 Å². The van der Waals surface area contributed by atoms with Gasteiger partial charge in [-0.05, 0) is 32.1 Å². The second-order valence-corrected chi connectivity index (χ2v) is 7.12. The zero-order valence-corrected chi connectivity index (χ0v) is 13.8. The Kier molecular flexibility index (Phi) is 3.84. The predicted octanol–water partition coefficient (Wildman–Crippen LogP) is 3.07. The molecule has 1 aliphatic heterocycles. The number of oxazole rings is 1. The molecular formula is C16H17N3O4S. The van der Waals surface area contributed by atoms with Gasteiger partial charge in [0.05, 0.1) is 11.0 Å². The van der Waals surface area contributed by atoms with Gasteiger partial charge in [0.1, 0.15) is 5.69 Å². The van der Waals surface area contributed by atoms with Crippen LogP contribution in [0.25, 0.3) is 0 Å². The first kappa shape index (κ1) is 15.3. The third-order valence-corrected chi connectivity index (χ3v) is 5.54. The van der Waals surface area contributed by atoms with Gasteiger partial charge >= 0.3 is 5.97 Å². The van der Waals surface area contributed by atoms with Crippen LogP contribution in [0.4, 0.5) is 0 Å². The lowest BCUT2D eigenvalue weighted by molar-refractivity contribution is 0.0557. The minimum absolute atomic E-state index is 0.114. The van der Waals surface area contributed by atoms with Crippen molar-refractivity contribution in [3.63, 3.8) is 0 Å². The van der Waals surface area contributed by atoms with Crippen LogP contribution >= 0.6 is 11.3 Å². The molecule has 0 radical (unpaired) electrons. The molecule has 24 heavy (non-hydrogen) atoms. The van der Waals surface area contributed by atoms with E-state index in [1.807, 2.05) is 0 Å². The first-order valence-electron chi connectivity index (χ1n) is 8.08. The molecule has 7 nitrogen and oxygen atoms in total. The van der Waals surface area contributed by atoms with Crippen molar-refractivity contribution in [1.29, 1.82) is 0 Å². The molecule has 4 rings (SSSR count). The lowest BCUT2D eigenvalue weighted by Gasteiger charge is -2.34. The SMILES string of the molecule is O=C(O)c1ncoc1C1CCCCN1C(=O)c1csc(C2CC2)n1. The van der Waals surface area contributed by atoms with Crippen LogP contribution in [-0.2, 0) is 0 Å². The predicted molar refractivity (Wildman–Crippen MR) is 85.2 cm³/mol. The van der Waals surface area contributed by atoms with Gasteiger partial charge in [0, 0.05) is 17.8 Å². The number of aromatic nitrogens is 2. The van der Waals surface area contributed by atoms with Crippen LogP contribution in [0.15, 0.2) is 16.2 Å². The van der Waals surface area contributed by atoms with E-state index in [-0.39, 0.29) is 17.4 Å². The van der Waals surface area contributed by atoms with E-state index >= 15 is 0 Å². The Morgan fingerprint density at radius 3 is 2.88 bits per heavy atom. The number of amides is 1. The lowest BCUT2D eigenvalue weighted by Crippen LogP contribution is -2.39. The summed E-state index contributed by atoms with van der Waals surface area (Å²) in [5, 5.41) is 12.1. The van der Waals surface area contributed by atoms with E-state index in [1.165, 1.54) is 11.3 Å². The highest BCUT2D eigenvalue weighted by atomic mass is 32.1. The number of aromatic carboxylic acids is 1. The highest BCUT2D eigenvalue weighted by Crippen LogP contribution is 2.42. The highest BCUT2D eigenvalue weighted by Gasteiger charge is 2.36. The van der Waals surface area contributed by atoms with Crippen LogP contribution in [0.5, 0.6) is 0 Å². The Hall–Kier alpha value is -2.22. The van der Waals surface area contributed by atoms with Crippen molar-refractivity contribution in [2.24, 2.45) is 0 Å². The van der Waals surface area contributed by atoms with Crippen molar-refractivity contribution in [2.45, 2.75) is 44.1 Å². The van der Waals surface area contributed by atoms with Gasteiger partial charge in [-0.15, -0.1) is 11.3 Å². The topological polar surface area (TPSA) is 96.5 Å². The van der Waals surface area contributed by atoms with Gasteiger partial charge in [-0.1, -0.05) is 0 Å². The van der Waals surface area contributed by atoms with Crippen LogP contribution in [0.3, 0.4) is 0 Å².